The summed E-state index contributed by atoms with van der Waals surface area (Å²) >= 11 is 1.69. The van der Waals surface area contributed by atoms with Crippen molar-refractivity contribution in [2.24, 2.45) is 0 Å². The molecule has 0 fully saturated rings. The van der Waals surface area contributed by atoms with Crippen LogP contribution in [0, 0.1) is 6.92 Å². The van der Waals surface area contributed by atoms with E-state index in [0.717, 1.165) is 5.69 Å². The molecule has 2 aromatic rings. The summed E-state index contributed by atoms with van der Waals surface area (Å²) in [4.78, 5) is 9.90. The fourth-order valence-electron chi connectivity index (χ4n) is 1.88. The quantitative estimate of drug-likeness (QED) is 0.909. The first-order valence-corrected chi connectivity index (χ1v) is 6.75. The summed E-state index contributed by atoms with van der Waals surface area (Å²) in [6.07, 6.45) is 1.60. The number of nitrogens with zero attached hydrogens (tertiary/aromatic N) is 2. The first-order valence-electron chi connectivity index (χ1n) is 5.87. The third-order valence-electron chi connectivity index (χ3n) is 2.87. The molecule has 19 heavy (non-hydrogen) atoms. The Labute approximate surface area is 116 Å². The topological polar surface area (TPSA) is 56.3 Å². The second-order valence-corrected chi connectivity index (χ2v) is 4.94. The Bertz CT molecular complexity index is 557. The van der Waals surface area contributed by atoms with Crippen molar-refractivity contribution in [1.82, 2.24) is 15.3 Å². The molecular formula is C13H17N3O2S. The van der Waals surface area contributed by atoms with Crippen LogP contribution in [0.25, 0.3) is 0 Å². The average molecular weight is 279 g/mol. The summed E-state index contributed by atoms with van der Waals surface area (Å²) in [6, 6.07) is 2.06. The maximum Gasteiger partial charge on any atom is 0.240 e. The van der Waals surface area contributed by atoms with Gasteiger partial charge in [0.05, 0.1) is 26.5 Å². The van der Waals surface area contributed by atoms with E-state index in [2.05, 4.69) is 33.7 Å². The number of ether oxygens (including phenoxy) is 2. The molecular weight excluding hydrogens is 262 g/mol. The highest BCUT2D eigenvalue weighted by molar-refractivity contribution is 7.10. The van der Waals surface area contributed by atoms with Crippen molar-refractivity contribution in [3.8, 4) is 11.8 Å². The van der Waals surface area contributed by atoms with Crippen LogP contribution in [0.3, 0.4) is 0 Å². The zero-order valence-corrected chi connectivity index (χ0v) is 12.2. The number of aryl methyl sites for hydroxylation is 1. The van der Waals surface area contributed by atoms with Gasteiger partial charge >= 0.3 is 0 Å². The van der Waals surface area contributed by atoms with Crippen molar-refractivity contribution >= 4 is 11.3 Å². The molecule has 5 nitrogen and oxygen atoms in total. The molecule has 0 aromatic carbocycles. The van der Waals surface area contributed by atoms with E-state index in [9.17, 15) is 0 Å². The highest BCUT2D eigenvalue weighted by Gasteiger charge is 2.22. The van der Waals surface area contributed by atoms with Gasteiger partial charge in [-0.1, -0.05) is 0 Å². The minimum absolute atomic E-state index is 0.0339. The Balaban J connectivity index is 2.46. The number of thiophene rings is 1. The Morgan fingerprint density at radius 3 is 2.63 bits per heavy atom. The number of hydrogen-bond acceptors (Lipinski definition) is 6. The molecule has 1 N–H and O–H groups in total. The second-order valence-electron chi connectivity index (χ2n) is 4.00. The minimum Gasteiger partial charge on any atom is -0.480 e. The smallest absolute Gasteiger partial charge is 0.240 e. The third-order valence-corrected chi connectivity index (χ3v) is 3.96. The molecule has 2 aromatic heterocycles. The van der Waals surface area contributed by atoms with Gasteiger partial charge in [0.1, 0.15) is 5.69 Å². The van der Waals surface area contributed by atoms with Crippen LogP contribution in [0.4, 0.5) is 0 Å². The van der Waals surface area contributed by atoms with E-state index in [-0.39, 0.29) is 6.04 Å². The lowest BCUT2D eigenvalue weighted by atomic mass is 10.1. The molecule has 2 rings (SSSR count). The van der Waals surface area contributed by atoms with E-state index >= 15 is 0 Å². The Morgan fingerprint density at radius 1 is 1.32 bits per heavy atom. The van der Waals surface area contributed by atoms with Gasteiger partial charge in [0.2, 0.25) is 11.8 Å². The number of aromatic nitrogens is 2. The SMILES string of the molecule is CNC(c1ncc(OC)nc1OC)c1sccc1C. The van der Waals surface area contributed by atoms with Crippen molar-refractivity contribution in [2.45, 2.75) is 13.0 Å². The van der Waals surface area contributed by atoms with Gasteiger partial charge in [-0.05, 0) is 31.0 Å². The molecule has 0 saturated heterocycles. The lowest BCUT2D eigenvalue weighted by molar-refractivity contribution is 0.353. The number of rotatable bonds is 5. The first-order chi connectivity index (χ1) is 9.21. The average Bonchev–Trinajstić information content (AvgIpc) is 2.86. The van der Waals surface area contributed by atoms with Crippen molar-refractivity contribution in [3.63, 3.8) is 0 Å². The molecule has 0 aliphatic heterocycles. The van der Waals surface area contributed by atoms with Crippen LogP contribution in [0.15, 0.2) is 17.6 Å². The van der Waals surface area contributed by atoms with Gasteiger partial charge in [-0.3, -0.25) is 0 Å². The van der Waals surface area contributed by atoms with E-state index in [1.54, 1.807) is 31.8 Å². The lowest BCUT2D eigenvalue weighted by Gasteiger charge is -2.17. The van der Waals surface area contributed by atoms with Crippen LogP contribution in [0.1, 0.15) is 22.2 Å². The summed E-state index contributed by atoms with van der Waals surface area (Å²) in [5.74, 6) is 0.921. The number of methoxy groups -OCH3 is 2. The Kier molecular flexibility index (Phi) is 4.34. The summed E-state index contributed by atoms with van der Waals surface area (Å²) in [5.41, 5.74) is 1.99. The van der Waals surface area contributed by atoms with Crippen LogP contribution in [0.5, 0.6) is 11.8 Å². The molecule has 0 aliphatic carbocycles. The summed E-state index contributed by atoms with van der Waals surface area (Å²) in [6.45, 7) is 2.08. The molecule has 0 bridgehead atoms. The van der Waals surface area contributed by atoms with E-state index in [4.69, 9.17) is 9.47 Å². The van der Waals surface area contributed by atoms with Gasteiger partial charge in [-0.25, -0.2) is 4.98 Å². The number of nitrogens with one attached hydrogen (secondary N) is 1. The third kappa shape index (κ3) is 2.69. The van der Waals surface area contributed by atoms with Crippen LogP contribution < -0.4 is 14.8 Å². The molecule has 1 unspecified atom stereocenters. The van der Waals surface area contributed by atoms with Crippen LogP contribution in [0.2, 0.25) is 0 Å². The Hall–Kier alpha value is -1.66. The van der Waals surface area contributed by atoms with E-state index in [0.29, 0.717) is 11.8 Å². The second kappa shape index (κ2) is 5.99. The van der Waals surface area contributed by atoms with E-state index in [1.807, 2.05) is 7.05 Å². The zero-order valence-electron chi connectivity index (χ0n) is 11.4. The molecule has 6 heteroatoms. The van der Waals surface area contributed by atoms with Crippen molar-refractivity contribution < 1.29 is 9.47 Å². The van der Waals surface area contributed by atoms with Crippen molar-refractivity contribution in [3.05, 3.63) is 33.8 Å². The number of hydrogen-bond donors (Lipinski definition) is 1. The van der Waals surface area contributed by atoms with Crippen molar-refractivity contribution in [1.29, 1.82) is 0 Å². The molecule has 2 heterocycles. The monoisotopic (exact) mass is 279 g/mol. The highest BCUT2D eigenvalue weighted by atomic mass is 32.1. The Morgan fingerprint density at radius 2 is 2.11 bits per heavy atom. The van der Waals surface area contributed by atoms with Gasteiger partial charge in [-0.15, -0.1) is 11.3 Å². The first kappa shape index (κ1) is 13.8. The molecule has 0 spiro atoms. The van der Waals surface area contributed by atoms with E-state index < -0.39 is 0 Å². The molecule has 0 amide bonds. The summed E-state index contributed by atoms with van der Waals surface area (Å²) in [7, 11) is 5.04. The maximum atomic E-state index is 5.32. The fourth-order valence-corrected chi connectivity index (χ4v) is 2.92. The summed E-state index contributed by atoms with van der Waals surface area (Å²) in [5, 5.41) is 5.33. The normalized spacial score (nSPS) is 12.2. The van der Waals surface area contributed by atoms with E-state index in [1.165, 1.54) is 10.4 Å². The standard InChI is InChI=1S/C13H17N3O2S/c1-8-5-6-19-12(8)10(14-2)11-13(18-4)16-9(17-3)7-15-11/h5-7,10,14H,1-4H3. The van der Waals surface area contributed by atoms with Gasteiger partial charge in [0.25, 0.3) is 0 Å². The minimum atomic E-state index is -0.0339. The molecule has 102 valence electrons. The maximum absolute atomic E-state index is 5.32. The van der Waals surface area contributed by atoms with Crippen molar-refractivity contribution in [2.75, 3.05) is 21.3 Å². The van der Waals surface area contributed by atoms with Crippen LogP contribution in [-0.4, -0.2) is 31.2 Å². The molecule has 0 radical (unpaired) electrons. The van der Waals surface area contributed by atoms with Crippen LogP contribution in [-0.2, 0) is 0 Å². The highest BCUT2D eigenvalue weighted by Crippen LogP contribution is 2.32. The van der Waals surface area contributed by atoms with Gasteiger partial charge in [0.15, 0.2) is 0 Å². The largest absolute Gasteiger partial charge is 0.480 e. The fraction of sp³-hybridized carbons (Fsp3) is 0.385. The predicted molar refractivity (Wildman–Crippen MR) is 75.1 cm³/mol. The zero-order chi connectivity index (χ0) is 13.8. The van der Waals surface area contributed by atoms with Gasteiger partial charge in [-0.2, -0.15) is 4.98 Å². The van der Waals surface area contributed by atoms with Crippen LogP contribution >= 0.6 is 11.3 Å². The van der Waals surface area contributed by atoms with Gasteiger partial charge < -0.3 is 14.8 Å². The summed E-state index contributed by atoms with van der Waals surface area (Å²) < 4.78 is 10.4. The van der Waals surface area contributed by atoms with Gasteiger partial charge in [0, 0.05) is 4.88 Å². The molecule has 0 saturated carbocycles. The molecule has 0 aliphatic rings. The predicted octanol–water partition coefficient (Wildman–Crippen LogP) is 2.17. The lowest BCUT2D eigenvalue weighted by Crippen LogP contribution is -2.20. The molecule has 1 atom stereocenters.